The zero-order valence-corrected chi connectivity index (χ0v) is 20.6. The molecular weight excluding hydrogens is 505 g/mol. The quantitative estimate of drug-likeness (QED) is 0.344. The number of anilines is 2. The largest absolute Gasteiger partial charge is 0.493 e. The Bertz CT molecular complexity index is 1190. The number of halogens is 3. The number of aromatic nitrogens is 2. The minimum Gasteiger partial charge on any atom is -0.327 e. The minimum atomic E-state index is -5.22. The summed E-state index contributed by atoms with van der Waals surface area (Å²) < 4.78 is 40.9. The van der Waals surface area contributed by atoms with Gasteiger partial charge in [-0.2, -0.15) is 13.2 Å². The third-order valence-electron chi connectivity index (χ3n) is 5.43. The molecule has 188 valence electrons. The van der Waals surface area contributed by atoms with Gasteiger partial charge in [-0.3, -0.25) is 14.3 Å². The number of fused-ring (bicyclic) bond motifs is 1. The molecule has 0 aliphatic carbocycles. The zero-order chi connectivity index (χ0) is 25.2. The molecule has 9 nitrogen and oxygen atoms in total. The van der Waals surface area contributed by atoms with E-state index in [9.17, 15) is 22.8 Å². The third-order valence-corrected chi connectivity index (χ3v) is 7.57. The maximum atomic E-state index is 13.5. The Balaban J connectivity index is 1.80. The number of nitrogens with one attached hydrogen (secondary N) is 1. The van der Waals surface area contributed by atoms with Gasteiger partial charge in [-0.1, -0.05) is 23.7 Å². The third kappa shape index (κ3) is 5.27. The molecule has 4 heterocycles. The fraction of sp³-hybridized carbons (Fsp3) is 0.476. The highest BCUT2D eigenvalue weighted by atomic mass is 32.2. The molecule has 0 spiro atoms. The number of thiophene rings is 1. The molecule has 0 amide bonds. The second-order valence-corrected chi connectivity index (χ2v) is 9.66. The molecule has 1 unspecified atom stereocenters. The van der Waals surface area contributed by atoms with E-state index in [0.717, 1.165) is 9.94 Å². The van der Waals surface area contributed by atoms with E-state index in [4.69, 9.17) is 4.84 Å². The predicted molar refractivity (Wildman–Crippen MR) is 127 cm³/mol. The van der Waals surface area contributed by atoms with Gasteiger partial charge in [0.05, 0.1) is 6.54 Å². The average Bonchev–Trinajstić information content (AvgIpc) is 3.45. The topological polar surface area (TPSA) is 82.9 Å². The lowest BCUT2D eigenvalue weighted by Gasteiger charge is -2.40. The van der Waals surface area contributed by atoms with Gasteiger partial charge in [0.25, 0.3) is 5.56 Å². The fourth-order valence-corrected chi connectivity index (χ4v) is 5.52. The summed E-state index contributed by atoms with van der Waals surface area (Å²) in [6.45, 7) is 3.73. The summed E-state index contributed by atoms with van der Waals surface area (Å²) in [5.74, 6) is 3.62. The van der Waals surface area contributed by atoms with Crippen molar-refractivity contribution in [1.82, 2.24) is 19.8 Å². The fourth-order valence-electron chi connectivity index (χ4n) is 3.79. The molecule has 0 aromatic carbocycles. The lowest BCUT2D eigenvalue weighted by molar-refractivity contribution is -0.203. The lowest BCUT2D eigenvalue weighted by Crippen LogP contribution is -2.61. The number of piperazine rings is 1. The van der Waals surface area contributed by atoms with Gasteiger partial charge in [-0.25, -0.2) is 9.78 Å². The highest BCUT2D eigenvalue weighted by molar-refractivity contribution is 7.98. The molecule has 2 aliphatic heterocycles. The van der Waals surface area contributed by atoms with E-state index in [0.29, 0.717) is 31.9 Å². The van der Waals surface area contributed by atoms with Crippen LogP contribution in [-0.4, -0.2) is 65.6 Å². The van der Waals surface area contributed by atoms with Crippen LogP contribution >= 0.6 is 23.1 Å². The monoisotopic (exact) mass is 528 g/mol. The number of hydrogen-bond donors (Lipinski definition) is 1. The Morgan fingerprint density at radius 3 is 2.74 bits per heavy atom. The summed E-state index contributed by atoms with van der Waals surface area (Å²) in [7, 11) is 1.56. The van der Waals surface area contributed by atoms with Crippen LogP contribution in [0, 0.1) is 11.8 Å². The summed E-state index contributed by atoms with van der Waals surface area (Å²) in [5.41, 5.74) is -0.429. The molecule has 1 fully saturated rings. The first-order valence-electron chi connectivity index (χ1n) is 10.7. The van der Waals surface area contributed by atoms with Crippen molar-refractivity contribution in [2.75, 3.05) is 42.7 Å². The van der Waals surface area contributed by atoms with Gasteiger partial charge in [-0.05, 0) is 18.4 Å². The van der Waals surface area contributed by atoms with E-state index in [-0.39, 0.29) is 23.2 Å². The van der Waals surface area contributed by atoms with Crippen LogP contribution in [0.5, 0.6) is 0 Å². The summed E-state index contributed by atoms with van der Waals surface area (Å²) in [6, 6.07) is 3.84. The molecule has 2 aromatic rings. The van der Waals surface area contributed by atoms with Crippen LogP contribution in [-0.2, 0) is 22.4 Å². The van der Waals surface area contributed by atoms with Crippen molar-refractivity contribution in [2.24, 2.45) is 7.05 Å². The van der Waals surface area contributed by atoms with E-state index < -0.39 is 24.0 Å². The van der Waals surface area contributed by atoms with Crippen LogP contribution in [0.3, 0.4) is 0 Å². The highest BCUT2D eigenvalue weighted by Gasteiger charge is 2.50. The molecule has 0 bridgehead atoms. The molecule has 35 heavy (non-hydrogen) atoms. The number of carbonyl (C=O) groups excluding carboxylic acids is 1. The average molecular weight is 529 g/mol. The number of hydroxylamine groups is 1. The number of hydrogen-bond acceptors (Lipinski definition) is 10. The predicted octanol–water partition coefficient (Wildman–Crippen LogP) is 1.99. The van der Waals surface area contributed by atoms with Crippen molar-refractivity contribution >= 4 is 40.6 Å². The van der Waals surface area contributed by atoms with E-state index >= 15 is 0 Å². The van der Waals surface area contributed by atoms with Crippen molar-refractivity contribution in [1.29, 1.82) is 0 Å². The first-order valence-corrected chi connectivity index (χ1v) is 12.5. The summed E-state index contributed by atoms with van der Waals surface area (Å²) in [4.78, 5) is 39.2. The van der Waals surface area contributed by atoms with Crippen molar-refractivity contribution in [3.63, 3.8) is 0 Å². The first kappa shape index (κ1) is 25.4. The van der Waals surface area contributed by atoms with Crippen LogP contribution in [0.4, 0.5) is 24.7 Å². The number of carbonyl (C=O) groups is 1. The maximum Gasteiger partial charge on any atom is 0.493 e. The van der Waals surface area contributed by atoms with Crippen LogP contribution in [0.15, 0.2) is 27.5 Å². The van der Waals surface area contributed by atoms with Gasteiger partial charge in [0.1, 0.15) is 0 Å². The summed E-state index contributed by atoms with van der Waals surface area (Å²) in [6.07, 6.45) is -6.22. The van der Waals surface area contributed by atoms with Crippen LogP contribution < -0.4 is 20.8 Å². The van der Waals surface area contributed by atoms with Crippen molar-refractivity contribution in [3.05, 3.63) is 32.7 Å². The standard InChI is InChI=1S/C21H23F3N6O3S2/c1-3-4-9-29-15-16(26-19(27(2)17(15)31)35-13-14-6-5-12-34-14)30(33-18(32)21(22,23)24)20(29)28-10-7-25-8-11-28/h5-6,12,20,25H,7-11,13H2,1-2H3. The van der Waals surface area contributed by atoms with E-state index in [1.165, 1.54) is 16.3 Å². The van der Waals surface area contributed by atoms with Crippen molar-refractivity contribution in [2.45, 2.75) is 30.3 Å². The maximum absolute atomic E-state index is 13.5. The molecule has 0 radical (unpaired) electrons. The molecule has 4 rings (SSSR count). The smallest absolute Gasteiger partial charge is 0.327 e. The summed E-state index contributed by atoms with van der Waals surface area (Å²) >= 11 is 2.81. The molecule has 2 aliphatic rings. The van der Waals surface area contributed by atoms with Crippen LogP contribution in [0.1, 0.15) is 11.8 Å². The highest BCUT2D eigenvalue weighted by Crippen LogP contribution is 2.39. The van der Waals surface area contributed by atoms with Gasteiger partial charge in [0, 0.05) is 43.9 Å². The van der Waals surface area contributed by atoms with Crippen LogP contribution in [0.25, 0.3) is 0 Å². The molecular formula is C21H23F3N6O3S2. The first-order chi connectivity index (χ1) is 16.7. The van der Waals surface area contributed by atoms with Gasteiger partial charge >= 0.3 is 12.1 Å². The number of rotatable bonds is 6. The van der Waals surface area contributed by atoms with Crippen LogP contribution in [0.2, 0.25) is 0 Å². The van der Waals surface area contributed by atoms with Crippen molar-refractivity contribution in [3.8, 4) is 11.8 Å². The minimum absolute atomic E-state index is 0.0363. The molecule has 2 aromatic heterocycles. The Hall–Kier alpha value is -2.73. The molecule has 1 atom stereocenters. The summed E-state index contributed by atoms with van der Waals surface area (Å²) in [5, 5.41) is 6.20. The molecule has 0 saturated carbocycles. The Morgan fingerprint density at radius 1 is 1.37 bits per heavy atom. The van der Waals surface area contributed by atoms with E-state index in [1.54, 1.807) is 30.2 Å². The molecule has 1 saturated heterocycles. The SMILES string of the molecule is CC#CCN1c2c(nc(SCc3cccs3)n(C)c2=O)N(OC(=O)C(F)(F)F)C1N1CCNCC1. The van der Waals surface area contributed by atoms with Gasteiger partial charge < -0.3 is 15.1 Å². The van der Waals surface area contributed by atoms with E-state index in [1.807, 2.05) is 22.4 Å². The Morgan fingerprint density at radius 2 is 2.11 bits per heavy atom. The van der Waals surface area contributed by atoms with Crippen molar-refractivity contribution < 1.29 is 22.8 Å². The normalized spacial score (nSPS) is 18.3. The molecule has 14 heteroatoms. The van der Waals surface area contributed by atoms with Gasteiger partial charge in [0.2, 0.25) is 0 Å². The second-order valence-electron chi connectivity index (χ2n) is 7.69. The van der Waals surface area contributed by atoms with Gasteiger partial charge in [0.15, 0.2) is 23.0 Å². The lowest BCUT2D eigenvalue weighted by atomic mass is 10.3. The number of nitrogens with zero attached hydrogens (tertiary/aromatic N) is 5. The molecule has 1 N–H and O–H groups in total. The second kappa shape index (κ2) is 10.5. The Labute approximate surface area is 207 Å². The van der Waals surface area contributed by atoms with Gasteiger partial charge in [-0.15, -0.1) is 22.3 Å². The zero-order valence-electron chi connectivity index (χ0n) is 19.0. The number of alkyl halides is 3. The van der Waals surface area contributed by atoms with E-state index in [2.05, 4.69) is 22.1 Å². The number of thioether (sulfide) groups is 1. The Kier molecular flexibility index (Phi) is 7.60.